The van der Waals surface area contributed by atoms with Gasteiger partial charge in [-0.3, -0.25) is 10.7 Å². The van der Waals surface area contributed by atoms with Crippen LogP contribution in [0.4, 0.5) is 17.1 Å². The highest BCUT2D eigenvalue weighted by molar-refractivity contribution is 7.99. The van der Waals surface area contributed by atoms with Gasteiger partial charge in [0.1, 0.15) is 0 Å². The van der Waals surface area contributed by atoms with Crippen molar-refractivity contribution in [2.24, 2.45) is 0 Å². The molecule has 3 nitrogen and oxygen atoms in total. The SMILES string of the molecule is Cc1ccc2c(c1)Sc1cc(NO)ccc1N2. The summed E-state index contributed by atoms with van der Waals surface area (Å²) >= 11 is 1.71. The Morgan fingerprint density at radius 2 is 1.76 bits per heavy atom. The number of rotatable bonds is 1. The van der Waals surface area contributed by atoms with Crippen molar-refractivity contribution in [3.05, 3.63) is 42.0 Å². The summed E-state index contributed by atoms with van der Waals surface area (Å²) in [7, 11) is 0. The van der Waals surface area contributed by atoms with Gasteiger partial charge in [0.15, 0.2) is 0 Å². The summed E-state index contributed by atoms with van der Waals surface area (Å²) in [5.74, 6) is 0. The van der Waals surface area contributed by atoms with E-state index in [4.69, 9.17) is 5.21 Å². The van der Waals surface area contributed by atoms with Crippen molar-refractivity contribution < 1.29 is 5.21 Å². The van der Waals surface area contributed by atoms with E-state index in [0.29, 0.717) is 5.69 Å². The van der Waals surface area contributed by atoms with Crippen LogP contribution in [-0.2, 0) is 0 Å². The van der Waals surface area contributed by atoms with Crippen molar-refractivity contribution in [1.29, 1.82) is 0 Å². The molecule has 0 unspecified atom stereocenters. The highest BCUT2D eigenvalue weighted by atomic mass is 32.2. The largest absolute Gasteiger partial charge is 0.354 e. The fraction of sp³-hybridized carbons (Fsp3) is 0.0769. The zero-order valence-electron chi connectivity index (χ0n) is 9.32. The van der Waals surface area contributed by atoms with Gasteiger partial charge in [0, 0.05) is 9.79 Å². The fourth-order valence-corrected chi connectivity index (χ4v) is 2.99. The molecular weight excluding hydrogens is 232 g/mol. The van der Waals surface area contributed by atoms with Gasteiger partial charge in [-0.1, -0.05) is 17.8 Å². The summed E-state index contributed by atoms with van der Waals surface area (Å²) < 4.78 is 0. The second-order valence-electron chi connectivity index (χ2n) is 4.05. The van der Waals surface area contributed by atoms with Gasteiger partial charge in [0.05, 0.1) is 17.1 Å². The number of benzene rings is 2. The molecule has 0 amide bonds. The predicted octanol–water partition coefficient (Wildman–Crippen LogP) is 4.00. The van der Waals surface area contributed by atoms with Crippen molar-refractivity contribution in [3.8, 4) is 0 Å². The molecule has 1 aliphatic rings. The lowest BCUT2D eigenvalue weighted by Gasteiger charge is -2.21. The summed E-state index contributed by atoms with van der Waals surface area (Å²) in [6.45, 7) is 2.09. The van der Waals surface area contributed by atoms with Crippen LogP contribution in [0.2, 0.25) is 0 Å². The highest BCUT2D eigenvalue weighted by Gasteiger charge is 2.15. The Bertz CT molecular complexity index is 584. The van der Waals surface area contributed by atoms with Crippen LogP contribution in [0.5, 0.6) is 0 Å². The summed E-state index contributed by atoms with van der Waals surface area (Å²) in [4.78, 5) is 2.33. The van der Waals surface area contributed by atoms with E-state index in [0.717, 1.165) is 16.3 Å². The van der Waals surface area contributed by atoms with Crippen LogP contribution in [0.25, 0.3) is 0 Å². The highest BCUT2D eigenvalue weighted by Crippen LogP contribution is 2.45. The van der Waals surface area contributed by atoms with Crippen molar-refractivity contribution in [2.45, 2.75) is 16.7 Å². The molecule has 4 heteroatoms. The van der Waals surface area contributed by atoms with Crippen molar-refractivity contribution in [3.63, 3.8) is 0 Å². The molecule has 86 valence electrons. The molecule has 0 radical (unpaired) electrons. The third-order valence-corrected chi connectivity index (χ3v) is 3.85. The summed E-state index contributed by atoms with van der Waals surface area (Å²) in [5.41, 5.74) is 6.33. The van der Waals surface area contributed by atoms with E-state index in [1.807, 2.05) is 18.2 Å². The molecule has 2 aromatic carbocycles. The second kappa shape index (κ2) is 3.98. The number of fused-ring (bicyclic) bond motifs is 2. The lowest BCUT2D eigenvalue weighted by molar-refractivity contribution is 0.389. The average Bonchev–Trinajstić information content (AvgIpc) is 2.35. The minimum absolute atomic E-state index is 0.703. The monoisotopic (exact) mass is 244 g/mol. The first-order valence-electron chi connectivity index (χ1n) is 5.36. The van der Waals surface area contributed by atoms with Gasteiger partial charge < -0.3 is 5.32 Å². The Kier molecular flexibility index (Phi) is 2.46. The molecule has 0 spiro atoms. The zero-order valence-corrected chi connectivity index (χ0v) is 10.1. The Balaban J connectivity index is 2.05. The maximum atomic E-state index is 8.90. The van der Waals surface area contributed by atoms with Gasteiger partial charge in [-0.25, -0.2) is 0 Å². The lowest BCUT2D eigenvalue weighted by atomic mass is 10.2. The van der Waals surface area contributed by atoms with Gasteiger partial charge in [-0.15, -0.1) is 0 Å². The third-order valence-electron chi connectivity index (χ3n) is 2.74. The lowest BCUT2D eigenvalue weighted by Crippen LogP contribution is -2.00. The second-order valence-corrected chi connectivity index (χ2v) is 5.13. The Morgan fingerprint density at radius 1 is 1.06 bits per heavy atom. The maximum Gasteiger partial charge on any atom is 0.0614 e. The van der Waals surface area contributed by atoms with Crippen LogP contribution in [0.15, 0.2) is 46.2 Å². The maximum absolute atomic E-state index is 8.90. The standard InChI is InChI=1S/C13H12N2OS/c1-8-2-4-10-12(6-8)17-13-7-9(15-16)3-5-11(13)14-10/h2-7,14-16H,1H3. The van der Waals surface area contributed by atoms with Gasteiger partial charge in [0.25, 0.3) is 0 Å². The van der Waals surface area contributed by atoms with E-state index in [1.54, 1.807) is 11.8 Å². The van der Waals surface area contributed by atoms with E-state index in [9.17, 15) is 0 Å². The quantitative estimate of drug-likeness (QED) is 0.566. The van der Waals surface area contributed by atoms with E-state index < -0.39 is 0 Å². The predicted molar refractivity (Wildman–Crippen MR) is 70.4 cm³/mol. The number of hydrogen-bond acceptors (Lipinski definition) is 4. The van der Waals surface area contributed by atoms with Gasteiger partial charge in [-0.2, -0.15) is 0 Å². The van der Waals surface area contributed by atoms with E-state index in [1.165, 1.54) is 10.5 Å². The Hall–Kier alpha value is -1.65. The Labute approximate surface area is 104 Å². The summed E-state index contributed by atoms with van der Waals surface area (Å²) in [6.07, 6.45) is 0. The minimum Gasteiger partial charge on any atom is -0.354 e. The van der Waals surface area contributed by atoms with Crippen LogP contribution in [-0.4, -0.2) is 5.21 Å². The van der Waals surface area contributed by atoms with E-state index in [2.05, 4.69) is 35.9 Å². The summed E-state index contributed by atoms with van der Waals surface area (Å²) in [6, 6.07) is 12.1. The van der Waals surface area contributed by atoms with Crippen molar-refractivity contribution in [1.82, 2.24) is 0 Å². The number of nitrogens with one attached hydrogen (secondary N) is 2. The topological polar surface area (TPSA) is 44.3 Å². The van der Waals surface area contributed by atoms with Gasteiger partial charge in [0.2, 0.25) is 0 Å². The van der Waals surface area contributed by atoms with Crippen LogP contribution in [0.3, 0.4) is 0 Å². The average molecular weight is 244 g/mol. The molecule has 0 aliphatic carbocycles. The van der Waals surface area contributed by atoms with Crippen molar-refractivity contribution in [2.75, 3.05) is 10.8 Å². The van der Waals surface area contributed by atoms with Crippen LogP contribution in [0.1, 0.15) is 5.56 Å². The van der Waals surface area contributed by atoms with E-state index in [-0.39, 0.29) is 0 Å². The first-order valence-corrected chi connectivity index (χ1v) is 6.17. The molecule has 1 aliphatic heterocycles. The molecule has 0 aromatic heterocycles. The van der Waals surface area contributed by atoms with E-state index >= 15 is 0 Å². The van der Waals surface area contributed by atoms with Gasteiger partial charge >= 0.3 is 0 Å². The minimum atomic E-state index is 0.703. The van der Waals surface area contributed by atoms with Crippen LogP contribution < -0.4 is 10.8 Å². The molecular formula is C13H12N2OS. The fourth-order valence-electron chi connectivity index (χ4n) is 1.86. The smallest absolute Gasteiger partial charge is 0.0614 e. The summed E-state index contributed by atoms with van der Waals surface area (Å²) in [5, 5.41) is 12.3. The molecule has 2 aromatic rings. The number of anilines is 3. The molecule has 0 saturated heterocycles. The van der Waals surface area contributed by atoms with Crippen LogP contribution in [0, 0.1) is 6.92 Å². The first kappa shape index (κ1) is 10.5. The molecule has 0 saturated carbocycles. The molecule has 3 N–H and O–H groups in total. The van der Waals surface area contributed by atoms with Gasteiger partial charge in [-0.05, 0) is 42.8 Å². The van der Waals surface area contributed by atoms with Crippen LogP contribution >= 0.6 is 11.8 Å². The molecule has 3 rings (SSSR count). The zero-order chi connectivity index (χ0) is 11.8. The molecule has 1 heterocycles. The van der Waals surface area contributed by atoms with Crippen molar-refractivity contribution >= 4 is 28.8 Å². The molecule has 17 heavy (non-hydrogen) atoms. The normalized spacial score (nSPS) is 12.4. The number of hydrogen-bond donors (Lipinski definition) is 3. The number of aryl methyl sites for hydroxylation is 1. The Morgan fingerprint density at radius 3 is 2.53 bits per heavy atom. The molecule has 0 bridgehead atoms. The first-order chi connectivity index (χ1) is 8.26. The molecule has 0 fully saturated rings. The third kappa shape index (κ3) is 1.85. The molecule has 0 atom stereocenters.